The summed E-state index contributed by atoms with van der Waals surface area (Å²) in [5.41, 5.74) is 0.940. The lowest BCUT2D eigenvalue weighted by molar-refractivity contribution is 0.0612. The second-order valence-corrected chi connectivity index (χ2v) is 5.93. The number of nitrogens with zero attached hydrogens (tertiary/aromatic N) is 3. The van der Waals surface area contributed by atoms with Gasteiger partial charge < -0.3 is 4.90 Å². The van der Waals surface area contributed by atoms with Gasteiger partial charge >= 0.3 is 6.55 Å². The summed E-state index contributed by atoms with van der Waals surface area (Å²) >= 11 is 0. The zero-order chi connectivity index (χ0) is 19.4. The number of alkyl halides is 2. The number of carbonyl (C=O) groups excluding carboxylic acids is 2. The van der Waals surface area contributed by atoms with Gasteiger partial charge in [-0.1, -0.05) is 48.5 Å². The van der Waals surface area contributed by atoms with E-state index in [2.05, 4.69) is 4.98 Å². The Hall–Kier alpha value is -3.35. The Kier molecular flexibility index (Phi) is 5.40. The molecule has 3 aromatic rings. The van der Waals surface area contributed by atoms with E-state index < -0.39 is 12.5 Å². The van der Waals surface area contributed by atoms with Crippen LogP contribution in [0.2, 0.25) is 0 Å². The lowest BCUT2D eigenvalue weighted by Gasteiger charge is -2.19. The molecule has 0 spiro atoms. The van der Waals surface area contributed by atoms with Gasteiger partial charge in [0.05, 0.1) is 12.1 Å². The minimum Gasteiger partial charge on any atom is -0.334 e. The van der Waals surface area contributed by atoms with Gasteiger partial charge in [0.1, 0.15) is 5.82 Å². The Bertz CT molecular complexity index is 955. The average Bonchev–Trinajstić information content (AvgIpc) is 3.16. The fourth-order valence-electron chi connectivity index (χ4n) is 2.75. The summed E-state index contributed by atoms with van der Waals surface area (Å²) in [6.45, 7) is -2.85. The third kappa shape index (κ3) is 3.92. The first kappa shape index (κ1) is 18.4. The van der Waals surface area contributed by atoms with Gasteiger partial charge in [-0.15, -0.1) is 0 Å². The summed E-state index contributed by atoms with van der Waals surface area (Å²) in [5.74, 6) is -0.659. The van der Waals surface area contributed by atoms with Gasteiger partial charge in [-0.2, -0.15) is 8.78 Å². The van der Waals surface area contributed by atoms with E-state index in [4.69, 9.17) is 0 Å². The number of amides is 1. The van der Waals surface area contributed by atoms with Crippen molar-refractivity contribution >= 4 is 11.7 Å². The van der Waals surface area contributed by atoms with Gasteiger partial charge in [-0.25, -0.2) is 4.98 Å². The first-order valence-corrected chi connectivity index (χ1v) is 8.23. The predicted molar refractivity (Wildman–Crippen MR) is 95.6 cm³/mol. The van der Waals surface area contributed by atoms with Crippen molar-refractivity contribution < 1.29 is 18.4 Å². The van der Waals surface area contributed by atoms with E-state index in [1.807, 2.05) is 0 Å². The van der Waals surface area contributed by atoms with Crippen LogP contribution in [0.4, 0.5) is 8.78 Å². The third-order valence-electron chi connectivity index (χ3n) is 4.12. The van der Waals surface area contributed by atoms with Crippen molar-refractivity contribution in [3.63, 3.8) is 0 Å². The third-order valence-corrected chi connectivity index (χ3v) is 4.12. The van der Waals surface area contributed by atoms with Crippen LogP contribution in [-0.4, -0.2) is 33.2 Å². The highest BCUT2D eigenvalue weighted by atomic mass is 19.3. The standard InChI is InChI=1S/C20H17F2N3O2/c1-24(13-17-23-11-12-25(17)20(21)22)19(27)16-10-6-5-9-15(16)18(26)14-7-3-2-4-8-14/h2-12,20H,13H2,1H3. The molecule has 27 heavy (non-hydrogen) atoms. The Morgan fingerprint density at radius 1 is 1.04 bits per heavy atom. The van der Waals surface area contributed by atoms with Crippen LogP contribution in [0.1, 0.15) is 38.7 Å². The molecule has 1 heterocycles. The van der Waals surface area contributed by atoms with Crippen LogP contribution in [0.25, 0.3) is 0 Å². The van der Waals surface area contributed by atoms with Gasteiger partial charge in [0.25, 0.3) is 5.91 Å². The molecule has 1 amide bonds. The topological polar surface area (TPSA) is 55.2 Å². The normalized spacial score (nSPS) is 10.8. The molecule has 0 aliphatic carbocycles. The molecule has 0 N–H and O–H groups in total. The Balaban J connectivity index is 1.87. The van der Waals surface area contributed by atoms with Crippen LogP contribution < -0.4 is 0 Å². The van der Waals surface area contributed by atoms with Crippen molar-refractivity contribution in [2.75, 3.05) is 7.05 Å². The van der Waals surface area contributed by atoms with Gasteiger partial charge in [0.2, 0.25) is 0 Å². The highest BCUT2D eigenvalue weighted by Gasteiger charge is 2.22. The maximum absolute atomic E-state index is 13.0. The molecule has 1 aromatic heterocycles. The number of hydrogen-bond acceptors (Lipinski definition) is 3. The number of hydrogen-bond donors (Lipinski definition) is 0. The van der Waals surface area contributed by atoms with Crippen LogP contribution in [0.5, 0.6) is 0 Å². The summed E-state index contributed by atoms with van der Waals surface area (Å²) in [4.78, 5) is 30.8. The summed E-state index contributed by atoms with van der Waals surface area (Å²) in [5, 5.41) is 0. The molecule has 0 unspecified atom stereocenters. The largest absolute Gasteiger partial charge is 0.334 e. The minimum atomic E-state index is -2.74. The van der Waals surface area contributed by atoms with E-state index in [1.165, 1.54) is 18.1 Å². The average molecular weight is 369 g/mol. The number of carbonyl (C=O) groups is 2. The molecule has 0 saturated carbocycles. The first-order chi connectivity index (χ1) is 13.0. The minimum absolute atomic E-state index is 0.0627. The molecular weight excluding hydrogens is 352 g/mol. The molecule has 0 saturated heterocycles. The number of imidazole rings is 1. The van der Waals surface area contributed by atoms with Gasteiger partial charge in [-0.3, -0.25) is 14.2 Å². The fourth-order valence-corrected chi connectivity index (χ4v) is 2.75. The highest BCUT2D eigenvalue weighted by Crippen LogP contribution is 2.18. The van der Waals surface area contributed by atoms with Gasteiger partial charge in [0.15, 0.2) is 5.78 Å². The number of ketones is 1. The molecule has 7 heteroatoms. The maximum Gasteiger partial charge on any atom is 0.319 e. The molecule has 3 rings (SSSR count). The van der Waals surface area contributed by atoms with Crippen molar-refractivity contribution in [3.8, 4) is 0 Å². The summed E-state index contributed by atoms with van der Waals surface area (Å²) in [6.07, 6.45) is 2.41. The lowest BCUT2D eigenvalue weighted by Crippen LogP contribution is -2.29. The molecule has 138 valence electrons. The number of aromatic nitrogens is 2. The summed E-state index contributed by atoms with van der Waals surface area (Å²) in [7, 11) is 1.48. The van der Waals surface area contributed by atoms with Crippen molar-refractivity contribution in [2.45, 2.75) is 13.1 Å². The van der Waals surface area contributed by atoms with E-state index in [9.17, 15) is 18.4 Å². The second kappa shape index (κ2) is 7.90. The zero-order valence-electron chi connectivity index (χ0n) is 14.5. The van der Waals surface area contributed by atoms with Crippen LogP contribution in [0.3, 0.4) is 0 Å². The smallest absolute Gasteiger partial charge is 0.319 e. The highest BCUT2D eigenvalue weighted by molar-refractivity contribution is 6.15. The molecule has 0 atom stereocenters. The van der Waals surface area contributed by atoms with Crippen LogP contribution >= 0.6 is 0 Å². The SMILES string of the molecule is CN(Cc1nccn1C(F)F)C(=O)c1ccccc1C(=O)c1ccccc1. The number of rotatable bonds is 6. The predicted octanol–water partition coefficient (Wildman–Crippen LogP) is 3.78. The Morgan fingerprint density at radius 2 is 1.67 bits per heavy atom. The van der Waals surface area contributed by atoms with Crippen LogP contribution in [0, 0.1) is 0 Å². The van der Waals surface area contributed by atoms with E-state index in [-0.39, 0.29) is 29.3 Å². The van der Waals surface area contributed by atoms with Crippen LogP contribution in [-0.2, 0) is 6.54 Å². The molecule has 0 aliphatic rings. The lowest BCUT2D eigenvalue weighted by atomic mass is 9.97. The summed E-state index contributed by atoms with van der Waals surface area (Å²) in [6, 6.07) is 15.1. The number of benzene rings is 2. The van der Waals surface area contributed by atoms with Gasteiger partial charge in [-0.05, 0) is 6.07 Å². The van der Waals surface area contributed by atoms with Crippen molar-refractivity contribution in [1.82, 2.24) is 14.5 Å². The van der Waals surface area contributed by atoms with Crippen molar-refractivity contribution in [3.05, 3.63) is 89.5 Å². The molecule has 0 aliphatic heterocycles. The number of halogens is 2. The monoisotopic (exact) mass is 369 g/mol. The molecule has 2 aromatic carbocycles. The van der Waals surface area contributed by atoms with E-state index >= 15 is 0 Å². The second-order valence-electron chi connectivity index (χ2n) is 5.93. The zero-order valence-corrected chi connectivity index (χ0v) is 14.5. The molecule has 0 bridgehead atoms. The molecule has 5 nitrogen and oxygen atoms in total. The van der Waals surface area contributed by atoms with E-state index in [0.29, 0.717) is 10.1 Å². The van der Waals surface area contributed by atoms with Gasteiger partial charge in [0, 0.05) is 30.6 Å². The van der Waals surface area contributed by atoms with Crippen LogP contribution in [0.15, 0.2) is 67.0 Å². The van der Waals surface area contributed by atoms with Crippen molar-refractivity contribution in [2.24, 2.45) is 0 Å². The maximum atomic E-state index is 13.0. The quantitative estimate of drug-likeness (QED) is 0.622. The van der Waals surface area contributed by atoms with Crippen molar-refractivity contribution in [1.29, 1.82) is 0 Å². The first-order valence-electron chi connectivity index (χ1n) is 8.23. The van der Waals surface area contributed by atoms with E-state index in [1.54, 1.807) is 54.6 Å². The summed E-state index contributed by atoms with van der Waals surface area (Å²) < 4.78 is 26.6. The molecule has 0 fully saturated rings. The fraction of sp³-hybridized carbons (Fsp3) is 0.150. The van der Waals surface area contributed by atoms with E-state index in [0.717, 1.165) is 6.20 Å². The molecular formula is C20H17F2N3O2. The molecule has 0 radical (unpaired) electrons. The Labute approximate surface area is 154 Å². The Morgan fingerprint density at radius 3 is 2.33 bits per heavy atom.